The first-order valence-corrected chi connectivity index (χ1v) is 11.8. The number of hydrogen-bond donors (Lipinski definition) is 2. The molecule has 0 radical (unpaired) electrons. The number of fused-ring (bicyclic) bond motifs is 7. The molecule has 5 heteroatoms. The zero-order chi connectivity index (χ0) is 21.3. The van der Waals surface area contributed by atoms with Gasteiger partial charge in [-0.05, 0) is 74.3 Å². The molecule has 5 nitrogen and oxygen atoms in total. The van der Waals surface area contributed by atoms with Crippen LogP contribution < -0.4 is 0 Å². The zero-order valence-electron chi connectivity index (χ0n) is 18.0. The van der Waals surface area contributed by atoms with Crippen molar-refractivity contribution in [2.45, 2.75) is 76.6 Å². The Hall–Kier alpha value is -1.30. The van der Waals surface area contributed by atoms with Crippen LogP contribution in [0.1, 0.15) is 58.8 Å². The second kappa shape index (κ2) is 7.11. The summed E-state index contributed by atoms with van der Waals surface area (Å²) in [6, 6.07) is 0. The van der Waals surface area contributed by atoms with Crippen molar-refractivity contribution >= 4 is 11.6 Å². The van der Waals surface area contributed by atoms with Gasteiger partial charge in [-0.15, -0.1) is 0 Å². The van der Waals surface area contributed by atoms with E-state index in [-0.39, 0.29) is 35.4 Å². The van der Waals surface area contributed by atoms with E-state index in [9.17, 15) is 19.8 Å². The van der Waals surface area contributed by atoms with Gasteiger partial charge in [-0.25, -0.2) is 0 Å². The average Bonchev–Trinajstić information content (AvgIpc) is 3.19. The molecule has 30 heavy (non-hydrogen) atoms. The van der Waals surface area contributed by atoms with E-state index in [1.54, 1.807) is 12.2 Å². The van der Waals surface area contributed by atoms with Crippen molar-refractivity contribution in [1.29, 1.82) is 0 Å². The Morgan fingerprint density at radius 2 is 2.13 bits per heavy atom. The van der Waals surface area contributed by atoms with Crippen LogP contribution in [-0.2, 0) is 14.3 Å². The number of rotatable bonds is 4. The van der Waals surface area contributed by atoms with Crippen LogP contribution in [0.5, 0.6) is 0 Å². The molecule has 0 spiro atoms. The van der Waals surface area contributed by atoms with Gasteiger partial charge in [0.2, 0.25) is 0 Å². The zero-order valence-corrected chi connectivity index (χ0v) is 18.0. The lowest BCUT2D eigenvalue weighted by molar-refractivity contribution is -0.192. The molecule has 5 rings (SSSR count). The molecule has 0 aromatic carbocycles. The SMILES string of the molecule is CCCC1C[C@H]2C[C@@H]3[C@@H]4CCC5=CC(=O)C=C[C@@H]5[C@@H]4[C@@H](O)C[C@]3(C)[C@@]2(C(=O)CO)O1. The van der Waals surface area contributed by atoms with Crippen LogP contribution in [0.2, 0.25) is 0 Å². The molecule has 1 heterocycles. The van der Waals surface area contributed by atoms with Gasteiger partial charge >= 0.3 is 0 Å². The van der Waals surface area contributed by atoms with E-state index in [1.165, 1.54) is 0 Å². The molecule has 0 aromatic heterocycles. The smallest absolute Gasteiger partial charge is 0.190 e. The minimum atomic E-state index is -0.966. The molecule has 3 saturated carbocycles. The summed E-state index contributed by atoms with van der Waals surface area (Å²) >= 11 is 0. The molecule has 1 saturated heterocycles. The Balaban J connectivity index is 1.52. The second-order valence-corrected chi connectivity index (χ2v) is 10.6. The van der Waals surface area contributed by atoms with Gasteiger partial charge in [0, 0.05) is 11.3 Å². The van der Waals surface area contributed by atoms with Crippen molar-refractivity contribution in [2.24, 2.45) is 35.0 Å². The van der Waals surface area contributed by atoms with Crippen LogP contribution in [0.3, 0.4) is 0 Å². The monoisotopic (exact) mass is 414 g/mol. The van der Waals surface area contributed by atoms with Gasteiger partial charge in [-0.2, -0.15) is 0 Å². The van der Waals surface area contributed by atoms with Crippen molar-refractivity contribution in [3.05, 3.63) is 23.8 Å². The molecular weight excluding hydrogens is 380 g/mol. The van der Waals surface area contributed by atoms with Crippen molar-refractivity contribution < 1.29 is 24.5 Å². The largest absolute Gasteiger partial charge is 0.393 e. The first-order valence-electron chi connectivity index (χ1n) is 11.8. The molecule has 1 aliphatic heterocycles. The minimum absolute atomic E-state index is 0.0492. The second-order valence-electron chi connectivity index (χ2n) is 10.6. The number of hydrogen-bond acceptors (Lipinski definition) is 5. The van der Waals surface area contributed by atoms with Crippen LogP contribution in [0.15, 0.2) is 23.8 Å². The quantitative estimate of drug-likeness (QED) is 0.739. The van der Waals surface area contributed by atoms with Crippen molar-refractivity contribution in [3.63, 3.8) is 0 Å². The normalized spacial score (nSPS) is 49.1. The fraction of sp³-hybridized carbons (Fsp3) is 0.760. The van der Waals surface area contributed by atoms with Gasteiger partial charge in [0.15, 0.2) is 11.6 Å². The molecule has 4 aliphatic carbocycles. The number of ketones is 2. The molecule has 164 valence electrons. The average molecular weight is 415 g/mol. The van der Waals surface area contributed by atoms with Gasteiger partial charge in [0.25, 0.3) is 0 Å². The Morgan fingerprint density at radius 1 is 1.33 bits per heavy atom. The maximum atomic E-state index is 13.2. The highest BCUT2D eigenvalue weighted by Crippen LogP contribution is 2.70. The lowest BCUT2D eigenvalue weighted by atomic mass is 9.49. The molecular formula is C25H34O5. The predicted octanol–water partition coefficient (Wildman–Crippen LogP) is 2.99. The number of carbonyl (C=O) groups excluding carboxylic acids is 2. The van der Waals surface area contributed by atoms with Gasteiger partial charge in [-0.1, -0.05) is 31.9 Å². The molecule has 5 aliphatic rings. The van der Waals surface area contributed by atoms with E-state index in [4.69, 9.17) is 4.74 Å². The van der Waals surface area contributed by atoms with E-state index >= 15 is 0 Å². The van der Waals surface area contributed by atoms with E-state index in [2.05, 4.69) is 13.8 Å². The van der Waals surface area contributed by atoms with Crippen LogP contribution in [-0.4, -0.2) is 46.2 Å². The maximum absolute atomic E-state index is 13.2. The summed E-state index contributed by atoms with van der Waals surface area (Å²) in [4.78, 5) is 25.1. The van der Waals surface area contributed by atoms with Gasteiger partial charge in [0.1, 0.15) is 12.2 Å². The van der Waals surface area contributed by atoms with Crippen molar-refractivity contribution in [1.82, 2.24) is 0 Å². The van der Waals surface area contributed by atoms with Crippen molar-refractivity contribution in [3.8, 4) is 0 Å². The molecule has 2 N–H and O–H groups in total. The lowest BCUT2D eigenvalue weighted by Gasteiger charge is -2.57. The van der Waals surface area contributed by atoms with E-state index in [0.717, 1.165) is 44.1 Å². The number of Topliss-reactive ketones (excluding diaryl/α,β-unsaturated/α-hetero) is 1. The van der Waals surface area contributed by atoms with Crippen LogP contribution >= 0.6 is 0 Å². The number of allylic oxidation sites excluding steroid dienone is 4. The molecule has 4 fully saturated rings. The third-order valence-corrected chi connectivity index (χ3v) is 9.34. The number of aliphatic hydroxyl groups is 2. The minimum Gasteiger partial charge on any atom is -0.393 e. The topological polar surface area (TPSA) is 83.8 Å². The van der Waals surface area contributed by atoms with E-state index in [1.807, 2.05) is 6.08 Å². The third kappa shape index (κ3) is 2.58. The Bertz CT molecular complexity index is 814. The van der Waals surface area contributed by atoms with Gasteiger partial charge < -0.3 is 14.9 Å². The fourth-order valence-electron chi connectivity index (χ4n) is 8.39. The molecule has 0 aromatic rings. The summed E-state index contributed by atoms with van der Waals surface area (Å²) in [6.45, 7) is 3.78. The third-order valence-electron chi connectivity index (χ3n) is 9.34. The van der Waals surface area contributed by atoms with E-state index in [0.29, 0.717) is 18.3 Å². The number of ether oxygens (including phenoxy) is 1. The highest BCUT2D eigenvalue weighted by atomic mass is 16.5. The lowest BCUT2D eigenvalue weighted by Crippen LogP contribution is -2.61. The van der Waals surface area contributed by atoms with Crippen molar-refractivity contribution in [2.75, 3.05) is 6.61 Å². The Morgan fingerprint density at radius 3 is 2.87 bits per heavy atom. The van der Waals surface area contributed by atoms with Gasteiger partial charge in [0.05, 0.1) is 12.2 Å². The standard InChI is InChI=1S/C25H34O5/c1-3-4-17-10-15-11-20-19-7-5-14-9-16(27)6-8-18(14)23(19)21(28)12-24(20,2)25(15,30-17)22(29)13-26/h6,8-9,15,17-21,23,26,28H,3-5,7,10-13H2,1-2H3/t15-,17?,18-,19-,20+,21-,23-,24-,25+/m0/s1. The summed E-state index contributed by atoms with van der Waals surface area (Å²) in [5.74, 6) is 0.797. The first-order chi connectivity index (χ1) is 14.4. The predicted molar refractivity (Wildman–Crippen MR) is 111 cm³/mol. The maximum Gasteiger partial charge on any atom is 0.190 e. The van der Waals surface area contributed by atoms with Crippen LogP contribution in [0.25, 0.3) is 0 Å². The molecule has 9 atom stereocenters. The van der Waals surface area contributed by atoms with Gasteiger partial charge in [-0.3, -0.25) is 9.59 Å². The summed E-state index contributed by atoms with van der Waals surface area (Å²) < 4.78 is 6.60. The Labute approximate surface area is 178 Å². The summed E-state index contributed by atoms with van der Waals surface area (Å²) in [5, 5.41) is 21.3. The molecule has 1 unspecified atom stereocenters. The molecule has 0 amide bonds. The summed E-state index contributed by atoms with van der Waals surface area (Å²) in [5.41, 5.74) is -0.271. The number of carbonyl (C=O) groups is 2. The van der Waals surface area contributed by atoms with Crippen LogP contribution in [0, 0.1) is 35.0 Å². The Kier molecular flexibility index (Phi) is 4.88. The highest BCUT2D eigenvalue weighted by molar-refractivity contribution is 6.00. The number of aliphatic hydroxyl groups excluding tert-OH is 2. The molecule has 0 bridgehead atoms. The van der Waals surface area contributed by atoms with E-state index < -0.39 is 23.7 Å². The highest BCUT2D eigenvalue weighted by Gasteiger charge is 2.73. The fourth-order valence-corrected chi connectivity index (χ4v) is 8.39. The first kappa shape index (κ1) is 20.6. The summed E-state index contributed by atoms with van der Waals surface area (Å²) in [6.07, 6.45) is 11.0. The summed E-state index contributed by atoms with van der Waals surface area (Å²) in [7, 11) is 0. The van der Waals surface area contributed by atoms with Crippen LogP contribution in [0.4, 0.5) is 0 Å².